The predicted molar refractivity (Wildman–Crippen MR) is 60.0 cm³/mol. The van der Waals surface area contributed by atoms with Gasteiger partial charge in [-0.25, -0.2) is 4.98 Å². The van der Waals surface area contributed by atoms with Gasteiger partial charge in [-0.3, -0.25) is 0 Å². The zero-order chi connectivity index (χ0) is 10.7. The molecule has 0 atom stereocenters. The molecule has 0 bridgehead atoms. The van der Waals surface area contributed by atoms with E-state index in [2.05, 4.69) is 10.1 Å². The quantitative estimate of drug-likeness (QED) is 0.772. The number of hydrogen-bond donors (Lipinski definition) is 0. The van der Waals surface area contributed by atoms with Crippen LogP contribution in [-0.2, 0) is 5.75 Å². The first-order valence-electron chi connectivity index (χ1n) is 4.41. The number of nitrogens with zero attached hydrogens (tertiary/aromatic N) is 2. The fourth-order valence-electron chi connectivity index (χ4n) is 1.10. The summed E-state index contributed by atoms with van der Waals surface area (Å²) in [6.45, 7) is 1.89. The fraction of sp³-hybridized carbons (Fsp3) is 0.200. The van der Waals surface area contributed by atoms with Crippen molar-refractivity contribution >= 4 is 23.4 Å². The number of hydrogen-bond acceptors (Lipinski definition) is 4. The zero-order valence-corrected chi connectivity index (χ0v) is 9.68. The SMILES string of the molecule is Cc1cc(CSc2ncccc2Cl)on1. The van der Waals surface area contributed by atoms with E-state index < -0.39 is 0 Å². The van der Waals surface area contributed by atoms with Crippen LogP contribution in [0.2, 0.25) is 5.02 Å². The molecule has 0 spiro atoms. The number of aryl methyl sites for hydroxylation is 1. The monoisotopic (exact) mass is 240 g/mol. The Morgan fingerprint density at radius 1 is 1.53 bits per heavy atom. The maximum Gasteiger partial charge on any atom is 0.147 e. The third-order valence-electron chi connectivity index (χ3n) is 1.75. The van der Waals surface area contributed by atoms with Crippen LogP contribution in [0.3, 0.4) is 0 Å². The molecule has 78 valence electrons. The van der Waals surface area contributed by atoms with Crippen molar-refractivity contribution < 1.29 is 4.52 Å². The standard InChI is InChI=1S/C10H9ClN2OS/c1-7-5-8(14-13-7)6-15-10-9(11)3-2-4-12-10/h2-5H,6H2,1H3. The van der Waals surface area contributed by atoms with Crippen molar-refractivity contribution in [3.05, 3.63) is 40.9 Å². The van der Waals surface area contributed by atoms with Gasteiger partial charge in [0.25, 0.3) is 0 Å². The summed E-state index contributed by atoms with van der Waals surface area (Å²) >= 11 is 7.50. The second-order valence-corrected chi connectivity index (χ2v) is 4.38. The van der Waals surface area contributed by atoms with Gasteiger partial charge in [-0.2, -0.15) is 0 Å². The largest absolute Gasteiger partial charge is 0.360 e. The van der Waals surface area contributed by atoms with Gasteiger partial charge in [0.2, 0.25) is 0 Å². The molecule has 2 heterocycles. The third-order valence-corrected chi connectivity index (χ3v) is 3.20. The number of rotatable bonds is 3. The minimum atomic E-state index is 0.665. The molecule has 0 N–H and O–H groups in total. The second kappa shape index (κ2) is 4.68. The van der Waals surface area contributed by atoms with E-state index in [0.29, 0.717) is 10.8 Å². The van der Waals surface area contributed by atoms with Crippen molar-refractivity contribution in [2.45, 2.75) is 17.7 Å². The summed E-state index contributed by atoms with van der Waals surface area (Å²) in [5.41, 5.74) is 0.887. The molecule has 2 rings (SSSR count). The molecule has 5 heteroatoms. The summed E-state index contributed by atoms with van der Waals surface area (Å²) in [5, 5.41) is 5.29. The summed E-state index contributed by atoms with van der Waals surface area (Å²) in [6, 6.07) is 5.54. The topological polar surface area (TPSA) is 38.9 Å². The molecule has 0 unspecified atom stereocenters. The van der Waals surface area contributed by atoms with Crippen LogP contribution in [0.4, 0.5) is 0 Å². The highest BCUT2D eigenvalue weighted by atomic mass is 35.5. The van der Waals surface area contributed by atoms with Crippen molar-refractivity contribution in [1.82, 2.24) is 10.1 Å². The van der Waals surface area contributed by atoms with Gasteiger partial charge < -0.3 is 4.52 Å². The average molecular weight is 241 g/mol. The summed E-state index contributed by atoms with van der Waals surface area (Å²) in [5.74, 6) is 1.52. The molecule has 0 aromatic carbocycles. The van der Waals surface area contributed by atoms with Crippen LogP contribution in [0.25, 0.3) is 0 Å². The van der Waals surface area contributed by atoms with Gasteiger partial charge in [0.05, 0.1) is 16.5 Å². The lowest BCUT2D eigenvalue weighted by Gasteiger charge is -1.99. The normalized spacial score (nSPS) is 10.5. The second-order valence-electron chi connectivity index (χ2n) is 3.01. The van der Waals surface area contributed by atoms with Gasteiger partial charge in [0, 0.05) is 12.3 Å². The Hall–Kier alpha value is -1.00. The molecule has 0 aliphatic heterocycles. The van der Waals surface area contributed by atoms with E-state index in [0.717, 1.165) is 16.5 Å². The Morgan fingerprint density at radius 2 is 2.40 bits per heavy atom. The van der Waals surface area contributed by atoms with Gasteiger partial charge in [0.15, 0.2) is 0 Å². The van der Waals surface area contributed by atoms with Crippen LogP contribution in [0.5, 0.6) is 0 Å². The lowest BCUT2D eigenvalue weighted by molar-refractivity contribution is 0.391. The molecule has 0 saturated heterocycles. The molecule has 0 saturated carbocycles. The minimum Gasteiger partial charge on any atom is -0.360 e. The smallest absolute Gasteiger partial charge is 0.147 e. The number of aromatic nitrogens is 2. The van der Waals surface area contributed by atoms with Crippen LogP contribution >= 0.6 is 23.4 Å². The average Bonchev–Trinajstić information content (AvgIpc) is 2.63. The van der Waals surface area contributed by atoms with Gasteiger partial charge in [0.1, 0.15) is 10.8 Å². The van der Waals surface area contributed by atoms with Gasteiger partial charge >= 0.3 is 0 Å². The maximum atomic E-state index is 5.97. The molecule has 15 heavy (non-hydrogen) atoms. The molecule has 2 aromatic heterocycles. The highest BCUT2D eigenvalue weighted by molar-refractivity contribution is 7.98. The summed E-state index contributed by atoms with van der Waals surface area (Å²) < 4.78 is 5.08. The van der Waals surface area contributed by atoms with Crippen molar-refractivity contribution in [3.8, 4) is 0 Å². The number of halogens is 1. The molecule has 0 amide bonds. The maximum absolute atomic E-state index is 5.97. The lowest BCUT2D eigenvalue weighted by atomic mass is 10.4. The highest BCUT2D eigenvalue weighted by Gasteiger charge is 2.05. The van der Waals surface area contributed by atoms with Gasteiger partial charge in [-0.15, -0.1) is 0 Å². The summed E-state index contributed by atoms with van der Waals surface area (Å²) in [6.07, 6.45) is 1.72. The zero-order valence-electron chi connectivity index (χ0n) is 8.11. The van der Waals surface area contributed by atoms with Crippen LogP contribution in [0.1, 0.15) is 11.5 Å². The van der Waals surface area contributed by atoms with E-state index >= 15 is 0 Å². The Bertz CT molecular complexity index is 458. The number of pyridine rings is 1. The Morgan fingerprint density at radius 3 is 3.07 bits per heavy atom. The Kier molecular flexibility index (Phi) is 3.28. The first kappa shape index (κ1) is 10.5. The minimum absolute atomic E-state index is 0.665. The van der Waals surface area contributed by atoms with Crippen LogP contribution < -0.4 is 0 Å². The molecular weight excluding hydrogens is 232 g/mol. The van der Waals surface area contributed by atoms with Gasteiger partial charge in [-0.1, -0.05) is 28.5 Å². The highest BCUT2D eigenvalue weighted by Crippen LogP contribution is 2.27. The molecule has 0 aliphatic rings. The summed E-state index contributed by atoms with van der Waals surface area (Å²) in [7, 11) is 0. The summed E-state index contributed by atoms with van der Waals surface area (Å²) in [4.78, 5) is 4.17. The molecule has 0 fully saturated rings. The third kappa shape index (κ3) is 2.73. The van der Waals surface area contributed by atoms with Crippen LogP contribution in [0, 0.1) is 6.92 Å². The van der Waals surface area contributed by atoms with E-state index in [-0.39, 0.29) is 0 Å². The van der Waals surface area contributed by atoms with Crippen LogP contribution in [0.15, 0.2) is 33.9 Å². The lowest BCUT2D eigenvalue weighted by Crippen LogP contribution is -1.81. The van der Waals surface area contributed by atoms with E-state index in [4.69, 9.17) is 16.1 Å². The van der Waals surface area contributed by atoms with Crippen molar-refractivity contribution in [2.75, 3.05) is 0 Å². The van der Waals surface area contributed by atoms with Crippen molar-refractivity contribution in [2.24, 2.45) is 0 Å². The van der Waals surface area contributed by atoms with E-state index in [9.17, 15) is 0 Å². The molecule has 2 aromatic rings. The molecule has 3 nitrogen and oxygen atoms in total. The van der Waals surface area contributed by atoms with E-state index in [1.807, 2.05) is 25.1 Å². The van der Waals surface area contributed by atoms with Gasteiger partial charge in [-0.05, 0) is 19.1 Å². The first-order valence-corrected chi connectivity index (χ1v) is 5.77. The fourth-order valence-corrected chi connectivity index (χ4v) is 2.14. The van der Waals surface area contributed by atoms with Crippen LogP contribution in [-0.4, -0.2) is 10.1 Å². The molecule has 0 aliphatic carbocycles. The Balaban J connectivity index is 2.02. The van der Waals surface area contributed by atoms with E-state index in [1.54, 1.807) is 6.20 Å². The molecular formula is C10H9ClN2OS. The first-order chi connectivity index (χ1) is 7.25. The number of thioether (sulfide) groups is 1. The van der Waals surface area contributed by atoms with Crippen molar-refractivity contribution in [3.63, 3.8) is 0 Å². The van der Waals surface area contributed by atoms with E-state index in [1.165, 1.54) is 11.8 Å². The molecule has 0 radical (unpaired) electrons. The predicted octanol–water partition coefficient (Wildman–Crippen LogP) is 3.32. The Labute approximate surface area is 96.8 Å². The van der Waals surface area contributed by atoms with Crippen molar-refractivity contribution in [1.29, 1.82) is 0 Å².